The molecule has 2 aliphatic carbocycles. The van der Waals surface area contributed by atoms with Crippen LogP contribution in [0.2, 0.25) is 0 Å². The Labute approximate surface area is 115 Å². The summed E-state index contributed by atoms with van der Waals surface area (Å²) in [4.78, 5) is 0. The molecule has 0 radical (unpaired) electrons. The molecular weight excluding hydrogens is 237 g/mol. The molecule has 0 heterocycles. The van der Waals surface area contributed by atoms with Gasteiger partial charge in [0.15, 0.2) is 0 Å². The third-order valence-electron chi connectivity index (χ3n) is 5.39. The number of halogens is 1. The fourth-order valence-corrected chi connectivity index (χ4v) is 3.66. The second-order valence-electron chi connectivity index (χ2n) is 6.60. The summed E-state index contributed by atoms with van der Waals surface area (Å²) in [7, 11) is 0. The molecule has 0 aliphatic heterocycles. The van der Waals surface area contributed by atoms with Crippen molar-refractivity contribution in [2.75, 3.05) is 0 Å². The van der Waals surface area contributed by atoms with Crippen LogP contribution >= 0.6 is 0 Å². The fraction of sp³-hybridized carbons (Fsp3) is 0.647. The maximum atomic E-state index is 12.9. The Bertz CT molecular complexity index is 421. The summed E-state index contributed by atoms with van der Waals surface area (Å²) in [5, 5.41) is 3.83. The summed E-state index contributed by atoms with van der Waals surface area (Å²) in [6.45, 7) is 4.75. The van der Waals surface area contributed by atoms with E-state index in [1.54, 1.807) is 12.1 Å². The first-order valence-corrected chi connectivity index (χ1v) is 7.65. The number of hydrogen-bond donors (Lipinski definition) is 1. The Morgan fingerprint density at radius 2 is 1.74 bits per heavy atom. The van der Waals surface area contributed by atoms with E-state index >= 15 is 0 Å². The molecule has 1 nitrogen and oxygen atoms in total. The highest BCUT2D eigenvalue weighted by Gasteiger charge is 2.36. The van der Waals surface area contributed by atoms with Gasteiger partial charge in [0.05, 0.1) is 0 Å². The SMILES string of the molecule is CC1CCC(NC2CC(c3ccc(F)cc3)C2)C1C. The lowest BCUT2D eigenvalue weighted by molar-refractivity contribution is 0.239. The monoisotopic (exact) mass is 261 g/mol. The fourth-order valence-electron chi connectivity index (χ4n) is 3.66. The van der Waals surface area contributed by atoms with E-state index in [0.29, 0.717) is 18.0 Å². The van der Waals surface area contributed by atoms with E-state index < -0.39 is 0 Å². The molecular formula is C17H24FN. The average molecular weight is 261 g/mol. The Kier molecular flexibility index (Phi) is 3.62. The van der Waals surface area contributed by atoms with Crippen LogP contribution in [0.1, 0.15) is 51.0 Å². The predicted molar refractivity (Wildman–Crippen MR) is 76.6 cm³/mol. The van der Waals surface area contributed by atoms with Gasteiger partial charge in [-0.3, -0.25) is 0 Å². The van der Waals surface area contributed by atoms with Crippen molar-refractivity contribution in [3.8, 4) is 0 Å². The number of benzene rings is 1. The van der Waals surface area contributed by atoms with Gasteiger partial charge in [0.25, 0.3) is 0 Å². The minimum atomic E-state index is -0.133. The second kappa shape index (κ2) is 5.24. The Balaban J connectivity index is 1.49. The van der Waals surface area contributed by atoms with Crippen molar-refractivity contribution in [2.24, 2.45) is 11.8 Å². The molecule has 3 atom stereocenters. The summed E-state index contributed by atoms with van der Waals surface area (Å²) in [5.74, 6) is 2.18. The van der Waals surface area contributed by atoms with Crippen LogP contribution < -0.4 is 5.32 Å². The molecule has 0 spiro atoms. The number of hydrogen-bond acceptors (Lipinski definition) is 1. The van der Waals surface area contributed by atoms with Crippen LogP contribution in [0.15, 0.2) is 24.3 Å². The largest absolute Gasteiger partial charge is 0.311 e. The van der Waals surface area contributed by atoms with Gasteiger partial charge in [-0.15, -0.1) is 0 Å². The molecule has 0 bridgehead atoms. The highest BCUT2D eigenvalue weighted by Crippen LogP contribution is 2.39. The van der Waals surface area contributed by atoms with Gasteiger partial charge in [-0.2, -0.15) is 0 Å². The Morgan fingerprint density at radius 3 is 2.32 bits per heavy atom. The van der Waals surface area contributed by atoms with Crippen LogP contribution in [-0.2, 0) is 0 Å². The van der Waals surface area contributed by atoms with E-state index in [9.17, 15) is 4.39 Å². The van der Waals surface area contributed by atoms with Crippen molar-refractivity contribution in [1.82, 2.24) is 5.32 Å². The molecule has 0 amide bonds. The van der Waals surface area contributed by atoms with Crippen molar-refractivity contribution in [3.05, 3.63) is 35.6 Å². The van der Waals surface area contributed by atoms with E-state index in [0.717, 1.165) is 11.8 Å². The van der Waals surface area contributed by atoms with Gasteiger partial charge in [0.1, 0.15) is 5.82 Å². The summed E-state index contributed by atoms with van der Waals surface area (Å²) >= 11 is 0. The molecule has 0 aromatic heterocycles. The van der Waals surface area contributed by atoms with Gasteiger partial charge in [0, 0.05) is 12.1 Å². The van der Waals surface area contributed by atoms with E-state index in [1.807, 2.05) is 12.1 Å². The van der Waals surface area contributed by atoms with Crippen molar-refractivity contribution in [1.29, 1.82) is 0 Å². The second-order valence-corrected chi connectivity index (χ2v) is 6.60. The Hall–Kier alpha value is -0.890. The van der Waals surface area contributed by atoms with E-state index in [1.165, 1.54) is 31.2 Å². The summed E-state index contributed by atoms with van der Waals surface area (Å²) < 4.78 is 12.9. The maximum absolute atomic E-state index is 12.9. The zero-order valence-corrected chi connectivity index (χ0v) is 11.9. The van der Waals surface area contributed by atoms with Gasteiger partial charge >= 0.3 is 0 Å². The third-order valence-corrected chi connectivity index (χ3v) is 5.39. The third kappa shape index (κ3) is 2.69. The average Bonchev–Trinajstić information content (AvgIpc) is 2.66. The smallest absolute Gasteiger partial charge is 0.123 e. The van der Waals surface area contributed by atoms with Crippen LogP contribution in [0.3, 0.4) is 0 Å². The summed E-state index contributed by atoms with van der Waals surface area (Å²) in [6.07, 6.45) is 5.12. The number of nitrogens with one attached hydrogen (secondary N) is 1. The lowest BCUT2D eigenvalue weighted by atomic mass is 9.75. The zero-order chi connectivity index (χ0) is 13.4. The summed E-state index contributed by atoms with van der Waals surface area (Å²) in [6, 6.07) is 8.43. The van der Waals surface area contributed by atoms with Crippen LogP contribution in [0.25, 0.3) is 0 Å². The van der Waals surface area contributed by atoms with Gasteiger partial charge in [-0.25, -0.2) is 4.39 Å². The van der Waals surface area contributed by atoms with Gasteiger partial charge in [-0.05, 0) is 61.1 Å². The molecule has 2 saturated carbocycles. The molecule has 1 aromatic carbocycles. The molecule has 104 valence electrons. The Morgan fingerprint density at radius 1 is 1.05 bits per heavy atom. The van der Waals surface area contributed by atoms with Crippen LogP contribution in [0, 0.1) is 17.7 Å². The van der Waals surface area contributed by atoms with E-state index in [2.05, 4.69) is 19.2 Å². The standard InChI is InChI=1S/C17H24FN/c1-11-3-8-17(12(11)2)19-16-9-14(10-16)13-4-6-15(18)7-5-13/h4-7,11-12,14,16-17,19H,3,8-10H2,1-2H3. The maximum Gasteiger partial charge on any atom is 0.123 e. The molecule has 2 fully saturated rings. The van der Waals surface area contributed by atoms with Crippen molar-refractivity contribution >= 4 is 0 Å². The topological polar surface area (TPSA) is 12.0 Å². The molecule has 0 saturated heterocycles. The van der Waals surface area contributed by atoms with Crippen molar-refractivity contribution in [2.45, 2.75) is 57.5 Å². The molecule has 19 heavy (non-hydrogen) atoms. The van der Waals surface area contributed by atoms with E-state index in [-0.39, 0.29) is 5.82 Å². The van der Waals surface area contributed by atoms with Crippen LogP contribution in [0.4, 0.5) is 4.39 Å². The van der Waals surface area contributed by atoms with Crippen molar-refractivity contribution in [3.63, 3.8) is 0 Å². The first-order chi connectivity index (χ1) is 9.13. The quantitative estimate of drug-likeness (QED) is 0.864. The van der Waals surface area contributed by atoms with Gasteiger partial charge in [0.2, 0.25) is 0 Å². The minimum Gasteiger partial charge on any atom is -0.311 e. The summed E-state index contributed by atoms with van der Waals surface area (Å²) in [5.41, 5.74) is 1.30. The molecule has 2 aliphatic rings. The highest BCUT2D eigenvalue weighted by atomic mass is 19.1. The van der Waals surface area contributed by atoms with Crippen molar-refractivity contribution < 1.29 is 4.39 Å². The molecule has 3 unspecified atom stereocenters. The minimum absolute atomic E-state index is 0.133. The number of rotatable bonds is 3. The van der Waals surface area contributed by atoms with Crippen LogP contribution in [0.5, 0.6) is 0 Å². The predicted octanol–water partition coefficient (Wildman–Crippen LogP) is 4.10. The molecule has 2 heteroatoms. The lowest BCUT2D eigenvalue weighted by Gasteiger charge is -2.39. The highest BCUT2D eigenvalue weighted by molar-refractivity contribution is 5.23. The zero-order valence-electron chi connectivity index (χ0n) is 11.9. The lowest BCUT2D eigenvalue weighted by Crippen LogP contribution is -2.46. The van der Waals surface area contributed by atoms with Crippen LogP contribution in [-0.4, -0.2) is 12.1 Å². The van der Waals surface area contributed by atoms with Gasteiger partial charge < -0.3 is 5.32 Å². The van der Waals surface area contributed by atoms with E-state index in [4.69, 9.17) is 0 Å². The first kappa shape index (κ1) is 13.1. The first-order valence-electron chi connectivity index (χ1n) is 7.65. The molecule has 1 N–H and O–H groups in total. The molecule has 3 rings (SSSR count). The normalized spacial score (nSPS) is 38.2. The van der Waals surface area contributed by atoms with Gasteiger partial charge in [-0.1, -0.05) is 26.0 Å². The molecule has 1 aromatic rings.